The highest BCUT2D eigenvalue weighted by Crippen LogP contribution is 2.34. The second-order valence-electron chi connectivity index (χ2n) is 3.44. The van der Waals surface area contributed by atoms with Crippen LogP contribution in [-0.4, -0.2) is 6.43 Å². The van der Waals surface area contributed by atoms with Crippen LogP contribution in [0.1, 0.15) is 23.6 Å². The molecule has 0 bridgehead atoms. The third-order valence-electron chi connectivity index (χ3n) is 2.17. The number of rotatable bonds is 3. The van der Waals surface area contributed by atoms with Gasteiger partial charge in [-0.15, -0.1) is 12.4 Å². The summed E-state index contributed by atoms with van der Waals surface area (Å²) in [5.74, 6) is -1.59. The van der Waals surface area contributed by atoms with Crippen molar-refractivity contribution in [3.63, 3.8) is 0 Å². The maximum atomic E-state index is 13.4. The van der Waals surface area contributed by atoms with Crippen molar-refractivity contribution in [3.05, 3.63) is 35.1 Å². The minimum atomic E-state index is -4.87. The van der Waals surface area contributed by atoms with Gasteiger partial charge in [-0.3, -0.25) is 0 Å². The topological polar surface area (TPSA) is 26.0 Å². The molecule has 1 atom stereocenters. The standard InChI is InChI=1S/C10H9F6N.ClH/c11-8(12)4-7(17)5-2-1-3-6(9(5)13)10(14,15)16;/h1-3,7-8H,4,17H2;1H/t7-;/m1./s1. The lowest BCUT2D eigenvalue weighted by atomic mass is 10.0. The van der Waals surface area contributed by atoms with Crippen LogP contribution in [0.15, 0.2) is 18.2 Å². The second kappa shape index (κ2) is 6.29. The molecule has 0 aliphatic heterocycles. The number of benzene rings is 1. The first-order chi connectivity index (χ1) is 7.73. The van der Waals surface area contributed by atoms with E-state index in [1.807, 2.05) is 0 Å². The number of hydrogen-bond donors (Lipinski definition) is 1. The van der Waals surface area contributed by atoms with E-state index in [1.54, 1.807) is 0 Å². The summed E-state index contributed by atoms with van der Waals surface area (Å²) in [6, 6.07) is 0.982. The molecule has 8 heteroatoms. The molecular weight excluding hydrogens is 284 g/mol. The van der Waals surface area contributed by atoms with Crippen LogP contribution >= 0.6 is 12.4 Å². The van der Waals surface area contributed by atoms with Crippen LogP contribution in [0.2, 0.25) is 0 Å². The van der Waals surface area contributed by atoms with E-state index in [9.17, 15) is 26.3 Å². The van der Waals surface area contributed by atoms with Gasteiger partial charge < -0.3 is 5.73 Å². The molecule has 0 aliphatic rings. The van der Waals surface area contributed by atoms with Gasteiger partial charge in [0.25, 0.3) is 0 Å². The molecule has 0 unspecified atom stereocenters. The summed E-state index contributed by atoms with van der Waals surface area (Å²) >= 11 is 0. The van der Waals surface area contributed by atoms with E-state index in [0.29, 0.717) is 6.07 Å². The summed E-state index contributed by atoms with van der Waals surface area (Å²) in [6.07, 6.45) is -8.57. The highest BCUT2D eigenvalue weighted by molar-refractivity contribution is 5.85. The Morgan fingerprint density at radius 3 is 2.17 bits per heavy atom. The average molecular weight is 294 g/mol. The first kappa shape index (κ1) is 17.1. The highest BCUT2D eigenvalue weighted by Gasteiger charge is 2.35. The molecule has 0 amide bonds. The molecule has 0 heterocycles. The Balaban J connectivity index is 0.00000289. The van der Waals surface area contributed by atoms with E-state index in [4.69, 9.17) is 5.73 Å². The van der Waals surface area contributed by atoms with Crippen LogP contribution in [0.5, 0.6) is 0 Å². The average Bonchev–Trinajstić information content (AvgIpc) is 2.14. The first-order valence-corrected chi connectivity index (χ1v) is 4.62. The third-order valence-corrected chi connectivity index (χ3v) is 2.17. The van der Waals surface area contributed by atoms with Gasteiger partial charge in [0.2, 0.25) is 6.43 Å². The van der Waals surface area contributed by atoms with E-state index >= 15 is 0 Å². The minimum Gasteiger partial charge on any atom is -0.324 e. The van der Waals surface area contributed by atoms with Crippen LogP contribution in [0.4, 0.5) is 26.3 Å². The molecule has 1 rings (SSSR count). The van der Waals surface area contributed by atoms with Gasteiger partial charge in [0.1, 0.15) is 5.82 Å². The van der Waals surface area contributed by atoms with Crippen LogP contribution in [0.25, 0.3) is 0 Å². The zero-order valence-electron chi connectivity index (χ0n) is 8.85. The molecule has 0 aliphatic carbocycles. The van der Waals surface area contributed by atoms with Gasteiger partial charge >= 0.3 is 6.18 Å². The van der Waals surface area contributed by atoms with E-state index in [-0.39, 0.29) is 12.4 Å². The van der Waals surface area contributed by atoms with Gasteiger partial charge in [0.15, 0.2) is 0 Å². The van der Waals surface area contributed by atoms with Crippen molar-refractivity contribution in [2.45, 2.75) is 25.1 Å². The molecule has 0 saturated heterocycles. The molecule has 0 fully saturated rings. The van der Waals surface area contributed by atoms with E-state index < -0.39 is 42.0 Å². The van der Waals surface area contributed by atoms with Crippen molar-refractivity contribution in [1.29, 1.82) is 0 Å². The maximum absolute atomic E-state index is 13.4. The van der Waals surface area contributed by atoms with Crippen molar-refractivity contribution in [3.8, 4) is 0 Å². The fourth-order valence-corrected chi connectivity index (χ4v) is 1.37. The number of alkyl halides is 5. The van der Waals surface area contributed by atoms with Crippen molar-refractivity contribution in [1.82, 2.24) is 0 Å². The van der Waals surface area contributed by atoms with Crippen molar-refractivity contribution < 1.29 is 26.3 Å². The molecule has 1 nitrogen and oxygen atoms in total. The van der Waals surface area contributed by atoms with Crippen LogP contribution in [0.3, 0.4) is 0 Å². The van der Waals surface area contributed by atoms with Crippen LogP contribution in [-0.2, 0) is 6.18 Å². The van der Waals surface area contributed by atoms with E-state index in [2.05, 4.69) is 0 Å². The monoisotopic (exact) mass is 293 g/mol. The van der Waals surface area contributed by atoms with Crippen LogP contribution in [0, 0.1) is 5.82 Å². The predicted molar refractivity (Wildman–Crippen MR) is 56.2 cm³/mol. The SMILES string of the molecule is Cl.N[C@H](CC(F)F)c1cccc(C(F)(F)F)c1F. The van der Waals surface area contributed by atoms with E-state index in [1.165, 1.54) is 0 Å². The molecule has 0 saturated carbocycles. The Hall–Kier alpha value is -0.950. The Morgan fingerprint density at radius 1 is 1.17 bits per heavy atom. The van der Waals surface area contributed by atoms with Crippen molar-refractivity contribution in [2.75, 3.05) is 0 Å². The fourth-order valence-electron chi connectivity index (χ4n) is 1.37. The number of halogens is 7. The molecule has 2 N–H and O–H groups in total. The van der Waals surface area contributed by atoms with Crippen LogP contribution < -0.4 is 5.73 Å². The fraction of sp³-hybridized carbons (Fsp3) is 0.400. The summed E-state index contributed by atoms with van der Waals surface area (Å²) in [6.45, 7) is 0. The summed E-state index contributed by atoms with van der Waals surface area (Å²) in [5.41, 5.74) is 3.17. The van der Waals surface area contributed by atoms with Crippen molar-refractivity contribution >= 4 is 12.4 Å². The lowest BCUT2D eigenvalue weighted by Gasteiger charge is -2.15. The smallest absolute Gasteiger partial charge is 0.324 e. The molecule has 1 aromatic carbocycles. The van der Waals surface area contributed by atoms with Gasteiger partial charge in [-0.05, 0) is 6.07 Å². The molecule has 0 spiro atoms. The quantitative estimate of drug-likeness (QED) is 0.840. The molecule has 0 radical (unpaired) electrons. The van der Waals surface area contributed by atoms with Gasteiger partial charge in [-0.25, -0.2) is 13.2 Å². The first-order valence-electron chi connectivity index (χ1n) is 4.62. The summed E-state index contributed by atoms with van der Waals surface area (Å²) < 4.78 is 74.4. The lowest BCUT2D eigenvalue weighted by molar-refractivity contribution is -0.140. The maximum Gasteiger partial charge on any atom is 0.419 e. The molecule has 104 valence electrons. The van der Waals surface area contributed by atoms with Gasteiger partial charge in [-0.2, -0.15) is 13.2 Å². The van der Waals surface area contributed by atoms with Gasteiger partial charge in [0.05, 0.1) is 5.56 Å². The summed E-state index contributed by atoms with van der Waals surface area (Å²) in [7, 11) is 0. The number of hydrogen-bond acceptors (Lipinski definition) is 1. The Bertz CT molecular complexity index is 392. The molecule has 0 aromatic heterocycles. The molecule has 18 heavy (non-hydrogen) atoms. The predicted octanol–water partition coefficient (Wildman–Crippen LogP) is 3.92. The van der Waals surface area contributed by atoms with Gasteiger partial charge in [-0.1, -0.05) is 12.1 Å². The normalized spacial score (nSPS) is 13.3. The summed E-state index contributed by atoms with van der Waals surface area (Å²) in [5, 5.41) is 0. The second-order valence-corrected chi connectivity index (χ2v) is 3.44. The highest BCUT2D eigenvalue weighted by atomic mass is 35.5. The van der Waals surface area contributed by atoms with Crippen molar-refractivity contribution in [2.24, 2.45) is 5.73 Å². The zero-order chi connectivity index (χ0) is 13.2. The zero-order valence-corrected chi connectivity index (χ0v) is 9.66. The number of nitrogens with two attached hydrogens (primary N) is 1. The Labute approximate surface area is 105 Å². The minimum absolute atomic E-state index is 0. The Kier molecular flexibility index (Phi) is 5.95. The lowest BCUT2D eigenvalue weighted by Crippen LogP contribution is -2.18. The largest absolute Gasteiger partial charge is 0.419 e. The third kappa shape index (κ3) is 4.06. The summed E-state index contributed by atoms with van der Waals surface area (Å²) in [4.78, 5) is 0. The van der Waals surface area contributed by atoms with E-state index in [0.717, 1.165) is 12.1 Å². The Morgan fingerprint density at radius 2 is 1.72 bits per heavy atom. The molecule has 1 aromatic rings. The van der Waals surface area contributed by atoms with Gasteiger partial charge in [0, 0.05) is 18.0 Å². The molecular formula is C10H10ClF6N.